The second kappa shape index (κ2) is 6.73. The number of nitrogens with one attached hydrogen (secondary N) is 1. The molecule has 8 heteroatoms. The van der Waals surface area contributed by atoms with Crippen LogP contribution in [-0.2, 0) is 6.54 Å². The average Bonchev–Trinajstić information content (AvgIpc) is 3.35. The van der Waals surface area contributed by atoms with E-state index in [1.807, 2.05) is 30.5 Å². The lowest BCUT2D eigenvalue weighted by Crippen LogP contribution is -1.97. The predicted molar refractivity (Wildman–Crippen MR) is 101 cm³/mol. The van der Waals surface area contributed by atoms with Crippen LogP contribution in [-0.4, -0.2) is 28.8 Å². The molecule has 0 amide bonds. The van der Waals surface area contributed by atoms with Crippen LogP contribution >= 0.6 is 22.7 Å². The molecule has 25 heavy (non-hydrogen) atoms. The summed E-state index contributed by atoms with van der Waals surface area (Å²) in [5.74, 6) is 1.38. The van der Waals surface area contributed by atoms with E-state index in [2.05, 4.69) is 26.8 Å². The molecule has 128 valence electrons. The molecule has 0 atom stereocenters. The zero-order valence-corrected chi connectivity index (χ0v) is 15.4. The Balaban J connectivity index is 1.56. The number of aromatic nitrogens is 3. The van der Waals surface area contributed by atoms with Gasteiger partial charge in [0.05, 0.1) is 32.7 Å². The van der Waals surface area contributed by atoms with Crippen LogP contribution in [0.2, 0.25) is 0 Å². The fourth-order valence-electron chi connectivity index (χ4n) is 2.48. The summed E-state index contributed by atoms with van der Waals surface area (Å²) in [5, 5.41) is 10.8. The van der Waals surface area contributed by atoms with Gasteiger partial charge in [0.25, 0.3) is 0 Å². The van der Waals surface area contributed by atoms with E-state index < -0.39 is 0 Å². The molecule has 4 aromatic rings. The van der Waals surface area contributed by atoms with Gasteiger partial charge in [-0.3, -0.25) is 0 Å². The molecule has 6 nitrogen and oxygen atoms in total. The minimum Gasteiger partial charge on any atom is -0.493 e. The van der Waals surface area contributed by atoms with Crippen molar-refractivity contribution in [1.82, 2.24) is 14.6 Å². The summed E-state index contributed by atoms with van der Waals surface area (Å²) in [6.07, 6.45) is 1.92. The average molecular weight is 372 g/mol. The van der Waals surface area contributed by atoms with Crippen molar-refractivity contribution in [3.05, 3.63) is 46.8 Å². The first-order chi connectivity index (χ1) is 12.3. The number of thiophene rings is 1. The van der Waals surface area contributed by atoms with E-state index in [1.54, 1.807) is 30.1 Å². The van der Waals surface area contributed by atoms with E-state index in [4.69, 9.17) is 9.47 Å². The maximum Gasteiger partial charge on any atom is 0.214 e. The number of rotatable bonds is 6. The third-order valence-electron chi connectivity index (χ3n) is 3.72. The van der Waals surface area contributed by atoms with Crippen LogP contribution in [0.25, 0.3) is 16.2 Å². The Hall–Kier alpha value is -2.58. The highest BCUT2D eigenvalue weighted by molar-refractivity contribution is 7.20. The first-order valence-corrected chi connectivity index (χ1v) is 9.31. The highest BCUT2D eigenvalue weighted by Gasteiger charge is 2.12. The summed E-state index contributed by atoms with van der Waals surface area (Å²) in [7, 11) is 3.25. The summed E-state index contributed by atoms with van der Waals surface area (Å²) in [6.45, 7) is 0.775. The van der Waals surface area contributed by atoms with Gasteiger partial charge in [-0.25, -0.2) is 9.50 Å². The van der Waals surface area contributed by atoms with Crippen LogP contribution < -0.4 is 14.8 Å². The summed E-state index contributed by atoms with van der Waals surface area (Å²) in [6, 6.07) is 9.91. The van der Waals surface area contributed by atoms with Crippen molar-refractivity contribution in [3.63, 3.8) is 0 Å². The molecule has 0 aliphatic heterocycles. The van der Waals surface area contributed by atoms with Gasteiger partial charge in [-0.05, 0) is 29.6 Å². The molecule has 1 aromatic carbocycles. The van der Waals surface area contributed by atoms with Crippen LogP contribution in [0.1, 0.15) is 4.88 Å². The summed E-state index contributed by atoms with van der Waals surface area (Å²) >= 11 is 3.26. The normalized spacial score (nSPS) is 11.0. The molecule has 3 aromatic heterocycles. The number of hydrogen-bond acceptors (Lipinski definition) is 7. The third-order valence-corrected chi connectivity index (χ3v) is 5.47. The van der Waals surface area contributed by atoms with E-state index in [1.165, 1.54) is 16.2 Å². The molecule has 4 rings (SSSR count). The molecule has 0 fully saturated rings. The quantitative estimate of drug-likeness (QED) is 0.551. The molecule has 3 heterocycles. The van der Waals surface area contributed by atoms with Crippen molar-refractivity contribution >= 4 is 32.8 Å². The lowest BCUT2D eigenvalue weighted by Gasteiger charge is -2.08. The van der Waals surface area contributed by atoms with Crippen molar-refractivity contribution in [2.45, 2.75) is 6.54 Å². The fourth-order valence-corrected chi connectivity index (χ4v) is 3.90. The Morgan fingerprint density at radius 3 is 2.76 bits per heavy atom. The van der Waals surface area contributed by atoms with Crippen LogP contribution in [0, 0.1) is 0 Å². The molecule has 0 saturated carbocycles. The number of imidazole rings is 1. The Morgan fingerprint density at radius 1 is 1.16 bits per heavy atom. The van der Waals surface area contributed by atoms with Crippen LogP contribution in [0.4, 0.5) is 5.13 Å². The topological polar surface area (TPSA) is 60.7 Å². The van der Waals surface area contributed by atoms with Gasteiger partial charge in [-0.15, -0.1) is 16.4 Å². The Bertz CT molecular complexity index is 960. The monoisotopic (exact) mass is 372 g/mol. The zero-order valence-electron chi connectivity index (χ0n) is 13.7. The van der Waals surface area contributed by atoms with Gasteiger partial charge in [-0.2, -0.15) is 0 Å². The third kappa shape index (κ3) is 3.18. The van der Waals surface area contributed by atoms with Gasteiger partial charge in [0.15, 0.2) is 11.5 Å². The zero-order chi connectivity index (χ0) is 17.2. The standard InChI is InChI=1S/C17H16N4O2S2/c1-22-14-6-5-11(8-15(14)23-2)13-10-21-17(19-13)25-16(20-21)18-9-12-4-3-7-24-12/h3-8,10H,9H2,1-2H3,(H,18,20). The van der Waals surface area contributed by atoms with Crippen LogP contribution in [0.5, 0.6) is 11.5 Å². The molecule has 0 unspecified atom stereocenters. The number of fused-ring (bicyclic) bond motifs is 1. The predicted octanol–water partition coefficient (Wildman–Crippen LogP) is 4.15. The van der Waals surface area contributed by atoms with Crippen molar-refractivity contribution in [3.8, 4) is 22.8 Å². The second-order valence-electron chi connectivity index (χ2n) is 5.26. The number of hydrogen-bond donors (Lipinski definition) is 1. The van der Waals surface area contributed by atoms with Crippen molar-refractivity contribution in [1.29, 1.82) is 0 Å². The fraction of sp³-hybridized carbons (Fsp3) is 0.176. The highest BCUT2D eigenvalue weighted by Crippen LogP contribution is 2.32. The molecule has 0 saturated heterocycles. The summed E-state index contributed by atoms with van der Waals surface area (Å²) in [4.78, 5) is 6.79. The lowest BCUT2D eigenvalue weighted by atomic mass is 10.1. The highest BCUT2D eigenvalue weighted by atomic mass is 32.1. The Kier molecular flexibility index (Phi) is 4.29. The molecule has 0 aliphatic carbocycles. The smallest absolute Gasteiger partial charge is 0.214 e. The van der Waals surface area contributed by atoms with Crippen molar-refractivity contribution in [2.24, 2.45) is 0 Å². The molecule has 0 spiro atoms. The van der Waals surface area contributed by atoms with E-state index in [-0.39, 0.29) is 0 Å². The molecule has 0 aliphatic rings. The number of anilines is 1. The molecule has 0 radical (unpaired) electrons. The largest absolute Gasteiger partial charge is 0.493 e. The van der Waals surface area contributed by atoms with E-state index in [0.717, 1.165) is 27.9 Å². The van der Waals surface area contributed by atoms with Crippen molar-refractivity contribution < 1.29 is 9.47 Å². The first-order valence-electron chi connectivity index (χ1n) is 7.61. The van der Waals surface area contributed by atoms with E-state index in [9.17, 15) is 0 Å². The molecule has 0 bridgehead atoms. The van der Waals surface area contributed by atoms with E-state index in [0.29, 0.717) is 11.5 Å². The lowest BCUT2D eigenvalue weighted by molar-refractivity contribution is 0.355. The summed E-state index contributed by atoms with van der Waals surface area (Å²) in [5.41, 5.74) is 1.81. The van der Waals surface area contributed by atoms with Gasteiger partial charge in [0, 0.05) is 10.4 Å². The van der Waals surface area contributed by atoms with Crippen LogP contribution in [0.3, 0.4) is 0 Å². The maximum atomic E-state index is 5.36. The molecular weight excluding hydrogens is 356 g/mol. The van der Waals surface area contributed by atoms with Gasteiger partial charge < -0.3 is 14.8 Å². The number of ether oxygens (including phenoxy) is 2. The molecule has 1 N–H and O–H groups in total. The van der Waals surface area contributed by atoms with Gasteiger partial charge in [-0.1, -0.05) is 17.4 Å². The maximum absolute atomic E-state index is 5.36. The van der Waals surface area contributed by atoms with Gasteiger partial charge in [0.2, 0.25) is 10.1 Å². The number of methoxy groups -OCH3 is 2. The number of nitrogens with zero attached hydrogens (tertiary/aromatic N) is 3. The Labute approximate surface area is 152 Å². The van der Waals surface area contributed by atoms with Gasteiger partial charge >= 0.3 is 0 Å². The minimum absolute atomic E-state index is 0.683. The van der Waals surface area contributed by atoms with Crippen LogP contribution in [0.15, 0.2) is 41.9 Å². The minimum atomic E-state index is 0.683. The second-order valence-corrected chi connectivity index (χ2v) is 7.25. The van der Waals surface area contributed by atoms with Gasteiger partial charge in [0.1, 0.15) is 0 Å². The van der Waals surface area contributed by atoms with Crippen molar-refractivity contribution in [2.75, 3.05) is 19.5 Å². The van der Waals surface area contributed by atoms with E-state index >= 15 is 0 Å². The first kappa shape index (κ1) is 15.9. The Morgan fingerprint density at radius 2 is 2.04 bits per heavy atom. The number of benzene rings is 1. The SMILES string of the molecule is COc1ccc(-c2cn3nc(NCc4cccs4)sc3n2)cc1OC. The molecular formula is C17H16N4O2S2. The summed E-state index contributed by atoms with van der Waals surface area (Å²) < 4.78 is 12.4.